The van der Waals surface area contributed by atoms with Crippen LogP contribution in [0.1, 0.15) is 5.69 Å². The fourth-order valence-electron chi connectivity index (χ4n) is 1.29. The third-order valence-corrected chi connectivity index (χ3v) is 2.96. The molecule has 0 aliphatic rings. The van der Waals surface area contributed by atoms with Crippen LogP contribution in [0.15, 0.2) is 17.8 Å². The first-order valence-corrected chi connectivity index (χ1v) is 5.48. The first-order chi connectivity index (χ1) is 8.22. The van der Waals surface area contributed by atoms with Crippen molar-refractivity contribution in [1.29, 1.82) is 0 Å². The SMILES string of the molecule is O=C(Cc1cn2ccsc2n1)C(F)(F)C(F)(F)F. The Morgan fingerprint density at radius 1 is 1.33 bits per heavy atom. The fourth-order valence-corrected chi connectivity index (χ4v) is 2.01. The van der Waals surface area contributed by atoms with Gasteiger partial charge in [-0.05, 0) is 0 Å². The van der Waals surface area contributed by atoms with Gasteiger partial charge in [-0.1, -0.05) is 0 Å². The molecule has 2 aromatic heterocycles. The molecular formula is C9H5F5N2OS. The van der Waals surface area contributed by atoms with E-state index in [0.29, 0.717) is 4.96 Å². The van der Waals surface area contributed by atoms with Gasteiger partial charge >= 0.3 is 12.1 Å². The standard InChI is InChI=1S/C9H5F5N2OS/c10-8(11,9(12,13)14)6(17)3-5-4-16-1-2-18-7(16)15-5/h1-2,4H,3H2. The number of alkyl halides is 5. The van der Waals surface area contributed by atoms with Gasteiger partial charge in [0.15, 0.2) is 4.96 Å². The molecule has 3 nitrogen and oxygen atoms in total. The zero-order chi connectivity index (χ0) is 13.6. The molecule has 0 radical (unpaired) electrons. The molecule has 0 atom stereocenters. The molecule has 0 aliphatic heterocycles. The van der Waals surface area contributed by atoms with Crippen molar-refractivity contribution in [1.82, 2.24) is 9.38 Å². The summed E-state index contributed by atoms with van der Waals surface area (Å²) in [6.45, 7) is 0. The number of nitrogens with zero attached hydrogens (tertiary/aromatic N) is 2. The number of Topliss-reactive ketones (excluding diaryl/α,β-unsaturated/α-hetero) is 1. The number of rotatable bonds is 3. The van der Waals surface area contributed by atoms with Crippen LogP contribution in [0.4, 0.5) is 22.0 Å². The monoisotopic (exact) mass is 284 g/mol. The Morgan fingerprint density at radius 3 is 2.56 bits per heavy atom. The molecule has 9 heteroatoms. The van der Waals surface area contributed by atoms with E-state index in [-0.39, 0.29) is 5.69 Å². The molecule has 0 unspecified atom stereocenters. The fraction of sp³-hybridized carbons (Fsp3) is 0.333. The number of fused-ring (bicyclic) bond motifs is 1. The summed E-state index contributed by atoms with van der Waals surface area (Å²) in [6, 6.07) is 0. The van der Waals surface area contributed by atoms with Gasteiger partial charge in [0.1, 0.15) is 0 Å². The number of imidazole rings is 1. The highest BCUT2D eigenvalue weighted by molar-refractivity contribution is 7.15. The van der Waals surface area contributed by atoms with E-state index < -0.39 is 24.3 Å². The summed E-state index contributed by atoms with van der Waals surface area (Å²) in [4.78, 5) is 15.2. The molecule has 0 saturated heterocycles. The topological polar surface area (TPSA) is 34.4 Å². The number of carbonyl (C=O) groups is 1. The molecule has 0 fully saturated rings. The van der Waals surface area contributed by atoms with E-state index >= 15 is 0 Å². The summed E-state index contributed by atoms with van der Waals surface area (Å²) < 4.78 is 62.6. The maximum atomic E-state index is 12.7. The maximum Gasteiger partial charge on any atom is 0.461 e. The minimum absolute atomic E-state index is 0.115. The van der Waals surface area contributed by atoms with Crippen LogP contribution in [-0.4, -0.2) is 27.3 Å². The van der Waals surface area contributed by atoms with Gasteiger partial charge in [-0.2, -0.15) is 22.0 Å². The van der Waals surface area contributed by atoms with Crippen LogP contribution >= 0.6 is 11.3 Å². The van der Waals surface area contributed by atoms with Crippen molar-refractivity contribution in [2.45, 2.75) is 18.5 Å². The third kappa shape index (κ3) is 2.09. The number of hydrogen-bond donors (Lipinski definition) is 0. The highest BCUT2D eigenvalue weighted by Crippen LogP contribution is 2.36. The molecule has 0 N–H and O–H groups in total. The molecule has 18 heavy (non-hydrogen) atoms. The Hall–Kier alpha value is -1.51. The number of aromatic nitrogens is 2. The highest BCUT2D eigenvalue weighted by Gasteiger charge is 2.62. The minimum Gasteiger partial charge on any atom is -0.297 e. The summed E-state index contributed by atoms with van der Waals surface area (Å²) in [6.07, 6.45) is -4.12. The van der Waals surface area contributed by atoms with Crippen LogP contribution in [0, 0.1) is 0 Å². The van der Waals surface area contributed by atoms with E-state index in [1.54, 1.807) is 11.6 Å². The Balaban J connectivity index is 2.19. The molecule has 0 spiro atoms. The van der Waals surface area contributed by atoms with Crippen LogP contribution in [0.5, 0.6) is 0 Å². The molecule has 2 rings (SSSR count). The first-order valence-electron chi connectivity index (χ1n) is 4.61. The summed E-state index contributed by atoms with van der Waals surface area (Å²) in [5.41, 5.74) is -0.115. The van der Waals surface area contributed by atoms with Gasteiger partial charge in [-0.15, -0.1) is 11.3 Å². The second-order valence-corrected chi connectivity index (χ2v) is 4.37. The zero-order valence-electron chi connectivity index (χ0n) is 8.54. The van der Waals surface area contributed by atoms with E-state index in [2.05, 4.69) is 4.98 Å². The predicted octanol–water partition coefficient (Wildman–Crippen LogP) is 2.71. The number of ketones is 1. The van der Waals surface area contributed by atoms with Gasteiger partial charge in [0, 0.05) is 17.8 Å². The van der Waals surface area contributed by atoms with Crippen LogP contribution in [-0.2, 0) is 11.2 Å². The Bertz CT molecular complexity index is 557. The van der Waals surface area contributed by atoms with E-state index in [4.69, 9.17) is 0 Å². The summed E-state index contributed by atoms with van der Waals surface area (Å²) >= 11 is 1.18. The molecular weight excluding hydrogens is 279 g/mol. The minimum atomic E-state index is -5.87. The van der Waals surface area contributed by atoms with Crippen molar-refractivity contribution < 1.29 is 26.7 Å². The summed E-state index contributed by atoms with van der Waals surface area (Å²) in [7, 11) is 0. The molecule has 0 amide bonds. The van der Waals surface area contributed by atoms with Crippen molar-refractivity contribution in [3.05, 3.63) is 23.5 Å². The highest BCUT2D eigenvalue weighted by atomic mass is 32.1. The maximum absolute atomic E-state index is 12.7. The van der Waals surface area contributed by atoms with E-state index in [9.17, 15) is 26.7 Å². The Kier molecular flexibility index (Phi) is 2.88. The number of thiazole rings is 1. The Labute approximate surface area is 101 Å². The van der Waals surface area contributed by atoms with Crippen LogP contribution in [0.2, 0.25) is 0 Å². The smallest absolute Gasteiger partial charge is 0.297 e. The lowest BCUT2D eigenvalue weighted by atomic mass is 10.1. The van der Waals surface area contributed by atoms with Crippen LogP contribution in [0.3, 0.4) is 0 Å². The summed E-state index contributed by atoms with van der Waals surface area (Å²) in [5, 5.41) is 1.66. The molecule has 0 aromatic carbocycles. The lowest BCUT2D eigenvalue weighted by Crippen LogP contribution is -2.44. The van der Waals surface area contributed by atoms with Gasteiger partial charge in [-0.25, -0.2) is 4.98 Å². The van der Waals surface area contributed by atoms with Gasteiger partial charge in [-0.3, -0.25) is 9.20 Å². The van der Waals surface area contributed by atoms with E-state index in [1.807, 2.05) is 0 Å². The van der Waals surface area contributed by atoms with Crippen LogP contribution < -0.4 is 0 Å². The van der Waals surface area contributed by atoms with Crippen molar-refractivity contribution >= 4 is 22.1 Å². The molecule has 0 bridgehead atoms. The average Bonchev–Trinajstić information content (AvgIpc) is 2.75. The molecule has 2 heterocycles. The zero-order valence-corrected chi connectivity index (χ0v) is 9.36. The van der Waals surface area contributed by atoms with E-state index in [1.165, 1.54) is 21.9 Å². The summed E-state index contributed by atoms with van der Waals surface area (Å²) in [5.74, 6) is -7.55. The average molecular weight is 284 g/mol. The van der Waals surface area contributed by atoms with Crippen molar-refractivity contribution in [2.24, 2.45) is 0 Å². The number of halogens is 5. The van der Waals surface area contributed by atoms with E-state index in [0.717, 1.165) is 0 Å². The number of hydrogen-bond acceptors (Lipinski definition) is 3. The lowest BCUT2D eigenvalue weighted by Gasteiger charge is -2.17. The predicted molar refractivity (Wildman–Crippen MR) is 52.8 cm³/mol. The second-order valence-electron chi connectivity index (χ2n) is 3.50. The van der Waals surface area contributed by atoms with Crippen molar-refractivity contribution in [3.8, 4) is 0 Å². The quantitative estimate of drug-likeness (QED) is 0.812. The van der Waals surface area contributed by atoms with Gasteiger partial charge in [0.25, 0.3) is 0 Å². The van der Waals surface area contributed by atoms with Crippen molar-refractivity contribution in [2.75, 3.05) is 0 Å². The molecule has 98 valence electrons. The van der Waals surface area contributed by atoms with Gasteiger partial charge in [0.05, 0.1) is 12.1 Å². The molecule has 0 aliphatic carbocycles. The van der Waals surface area contributed by atoms with Gasteiger partial charge < -0.3 is 0 Å². The van der Waals surface area contributed by atoms with Crippen molar-refractivity contribution in [3.63, 3.8) is 0 Å². The third-order valence-electron chi connectivity index (χ3n) is 2.19. The first kappa shape index (κ1) is 12.9. The van der Waals surface area contributed by atoms with Crippen LogP contribution in [0.25, 0.3) is 4.96 Å². The Morgan fingerprint density at radius 2 is 2.00 bits per heavy atom. The number of carbonyl (C=O) groups excluding carboxylic acids is 1. The largest absolute Gasteiger partial charge is 0.461 e. The van der Waals surface area contributed by atoms with Gasteiger partial charge in [0.2, 0.25) is 5.78 Å². The lowest BCUT2D eigenvalue weighted by molar-refractivity contribution is -0.268. The molecule has 2 aromatic rings. The molecule has 0 saturated carbocycles. The second kappa shape index (κ2) is 4.01. The normalized spacial score (nSPS) is 13.2.